The van der Waals surface area contributed by atoms with Crippen LogP contribution in [0.2, 0.25) is 0 Å². The van der Waals surface area contributed by atoms with Gasteiger partial charge in [-0.1, -0.05) is 72.8 Å². The zero-order chi connectivity index (χ0) is 25.9. The molecule has 4 aromatic carbocycles. The molecule has 0 bridgehead atoms. The number of aromatic nitrogens is 2. The Kier molecular flexibility index (Phi) is 6.65. The van der Waals surface area contributed by atoms with Gasteiger partial charge >= 0.3 is 0 Å². The lowest BCUT2D eigenvalue weighted by Gasteiger charge is -2.34. The minimum atomic E-state index is -0.0997. The Morgan fingerprint density at radius 3 is 2.21 bits per heavy atom. The minimum absolute atomic E-state index is 0.0997. The first-order valence-corrected chi connectivity index (χ1v) is 13.3. The lowest BCUT2D eigenvalue weighted by atomic mass is 9.97. The zero-order valence-corrected chi connectivity index (χ0v) is 21.6. The molecule has 0 radical (unpaired) electrons. The molecule has 1 aromatic heterocycles. The second-order valence-corrected chi connectivity index (χ2v) is 10.0. The molecular formula is C33H31N3O2. The first-order chi connectivity index (χ1) is 18.7. The van der Waals surface area contributed by atoms with Gasteiger partial charge in [-0.3, -0.25) is 4.79 Å². The lowest BCUT2D eigenvalue weighted by Crippen LogP contribution is -2.35. The van der Waals surface area contributed by atoms with Gasteiger partial charge in [0.05, 0.1) is 23.4 Å². The number of para-hydroxylation sites is 1. The molecule has 0 unspecified atom stereocenters. The Morgan fingerprint density at radius 2 is 1.47 bits per heavy atom. The van der Waals surface area contributed by atoms with Crippen molar-refractivity contribution in [3.8, 4) is 22.7 Å². The van der Waals surface area contributed by atoms with Crippen LogP contribution in [-0.2, 0) is 0 Å². The van der Waals surface area contributed by atoms with Crippen LogP contribution in [0.3, 0.4) is 0 Å². The SMILES string of the molecule is Cc1ccc(N2CCC(COc3ccccc3)CC2)cc1-n1nc(-c2ccccc2)c2ccccc2c1=O. The van der Waals surface area contributed by atoms with Gasteiger partial charge in [-0.25, -0.2) is 0 Å². The number of aryl methyl sites for hydroxylation is 1. The molecule has 5 aromatic rings. The molecule has 0 saturated carbocycles. The topological polar surface area (TPSA) is 47.4 Å². The van der Waals surface area contributed by atoms with Crippen molar-refractivity contribution in [3.63, 3.8) is 0 Å². The first kappa shape index (κ1) is 24.0. The molecule has 0 amide bonds. The van der Waals surface area contributed by atoms with Gasteiger partial charge in [0.25, 0.3) is 5.56 Å². The number of anilines is 1. The number of benzene rings is 4. The Hall–Kier alpha value is -4.38. The molecule has 1 fully saturated rings. The highest BCUT2D eigenvalue weighted by Crippen LogP contribution is 2.29. The summed E-state index contributed by atoms with van der Waals surface area (Å²) in [7, 11) is 0. The van der Waals surface area contributed by atoms with Crippen LogP contribution in [0, 0.1) is 12.8 Å². The molecule has 1 aliphatic rings. The molecular weight excluding hydrogens is 470 g/mol. The average molecular weight is 502 g/mol. The third-order valence-corrected chi connectivity index (χ3v) is 7.48. The molecule has 1 saturated heterocycles. The highest BCUT2D eigenvalue weighted by Gasteiger charge is 2.21. The molecule has 38 heavy (non-hydrogen) atoms. The van der Waals surface area contributed by atoms with Crippen LogP contribution in [0.15, 0.2) is 108 Å². The van der Waals surface area contributed by atoms with Crippen LogP contribution in [0.25, 0.3) is 27.7 Å². The highest BCUT2D eigenvalue weighted by atomic mass is 16.5. The van der Waals surface area contributed by atoms with Gasteiger partial charge in [0.15, 0.2) is 0 Å². The van der Waals surface area contributed by atoms with E-state index in [0.29, 0.717) is 11.3 Å². The van der Waals surface area contributed by atoms with Crippen molar-refractivity contribution >= 4 is 16.5 Å². The summed E-state index contributed by atoms with van der Waals surface area (Å²) < 4.78 is 7.60. The van der Waals surface area contributed by atoms with E-state index >= 15 is 0 Å². The summed E-state index contributed by atoms with van der Waals surface area (Å²) >= 11 is 0. The molecule has 5 heteroatoms. The molecule has 1 aliphatic heterocycles. The van der Waals surface area contributed by atoms with Gasteiger partial charge in [-0.15, -0.1) is 0 Å². The molecule has 2 heterocycles. The largest absolute Gasteiger partial charge is 0.493 e. The quantitative estimate of drug-likeness (QED) is 0.261. The van der Waals surface area contributed by atoms with E-state index in [1.807, 2.05) is 91.9 Å². The number of piperidine rings is 1. The van der Waals surface area contributed by atoms with Crippen molar-refractivity contribution in [2.75, 3.05) is 24.6 Å². The second kappa shape index (κ2) is 10.5. The minimum Gasteiger partial charge on any atom is -0.493 e. The fourth-order valence-electron chi connectivity index (χ4n) is 5.27. The van der Waals surface area contributed by atoms with Gasteiger partial charge in [-0.2, -0.15) is 9.78 Å². The Morgan fingerprint density at radius 1 is 0.816 bits per heavy atom. The van der Waals surface area contributed by atoms with Gasteiger partial charge in [-0.05, 0) is 61.6 Å². The van der Waals surface area contributed by atoms with Crippen molar-refractivity contribution in [2.45, 2.75) is 19.8 Å². The van der Waals surface area contributed by atoms with Crippen molar-refractivity contribution in [2.24, 2.45) is 5.92 Å². The predicted octanol–water partition coefficient (Wildman–Crippen LogP) is 6.66. The monoisotopic (exact) mass is 501 g/mol. The maximum atomic E-state index is 13.7. The molecule has 0 spiro atoms. The van der Waals surface area contributed by atoms with Crippen LogP contribution in [0.4, 0.5) is 5.69 Å². The molecule has 190 valence electrons. The summed E-state index contributed by atoms with van der Waals surface area (Å²) in [5.74, 6) is 1.47. The average Bonchev–Trinajstić information content (AvgIpc) is 2.98. The Balaban J connectivity index is 1.29. The Bertz CT molecular complexity index is 1600. The van der Waals surface area contributed by atoms with E-state index < -0.39 is 0 Å². The number of rotatable bonds is 6. The summed E-state index contributed by atoms with van der Waals surface area (Å²) in [6.45, 7) is 4.70. The second-order valence-electron chi connectivity index (χ2n) is 10.0. The summed E-state index contributed by atoms with van der Waals surface area (Å²) in [6.07, 6.45) is 2.14. The van der Waals surface area contributed by atoms with E-state index in [1.165, 1.54) is 0 Å². The summed E-state index contributed by atoms with van der Waals surface area (Å²) in [5, 5.41) is 6.46. The van der Waals surface area contributed by atoms with E-state index in [9.17, 15) is 4.79 Å². The maximum absolute atomic E-state index is 13.7. The highest BCUT2D eigenvalue weighted by molar-refractivity contribution is 5.94. The van der Waals surface area contributed by atoms with Gasteiger partial charge in [0.1, 0.15) is 5.75 Å². The molecule has 0 atom stereocenters. The van der Waals surface area contributed by atoms with Gasteiger partial charge in [0, 0.05) is 29.7 Å². The van der Waals surface area contributed by atoms with E-state index in [0.717, 1.165) is 71.9 Å². The molecule has 0 aliphatic carbocycles. The number of fused-ring (bicyclic) bond motifs is 1. The first-order valence-electron chi connectivity index (χ1n) is 13.3. The predicted molar refractivity (Wildman–Crippen MR) is 154 cm³/mol. The van der Waals surface area contributed by atoms with Crippen molar-refractivity contribution in [1.82, 2.24) is 9.78 Å². The molecule has 6 rings (SSSR count). The summed E-state index contributed by atoms with van der Waals surface area (Å²) in [6, 6.07) is 34.2. The lowest BCUT2D eigenvalue weighted by molar-refractivity contribution is 0.223. The van der Waals surface area contributed by atoms with Crippen LogP contribution < -0.4 is 15.2 Å². The normalized spacial score (nSPS) is 14.1. The van der Waals surface area contributed by atoms with Crippen LogP contribution in [0.5, 0.6) is 5.75 Å². The smallest absolute Gasteiger partial charge is 0.279 e. The molecule has 0 N–H and O–H groups in total. The fraction of sp³-hybridized carbons (Fsp3) is 0.212. The van der Waals surface area contributed by atoms with E-state index in [4.69, 9.17) is 9.84 Å². The number of hydrogen-bond donors (Lipinski definition) is 0. The summed E-state index contributed by atoms with van der Waals surface area (Å²) in [4.78, 5) is 16.1. The number of hydrogen-bond acceptors (Lipinski definition) is 4. The number of nitrogens with zero attached hydrogens (tertiary/aromatic N) is 3. The Labute approximate surface area is 222 Å². The van der Waals surface area contributed by atoms with Crippen molar-refractivity contribution in [3.05, 3.63) is 119 Å². The summed E-state index contributed by atoms with van der Waals surface area (Å²) in [5.41, 5.74) is 4.66. The van der Waals surface area contributed by atoms with Crippen LogP contribution in [0.1, 0.15) is 18.4 Å². The van der Waals surface area contributed by atoms with E-state index in [1.54, 1.807) is 4.68 Å². The van der Waals surface area contributed by atoms with Gasteiger partial charge < -0.3 is 9.64 Å². The van der Waals surface area contributed by atoms with E-state index in [2.05, 4.69) is 23.1 Å². The third kappa shape index (κ3) is 4.80. The molecule has 5 nitrogen and oxygen atoms in total. The van der Waals surface area contributed by atoms with Crippen molar-refractivity contribution in [1.29, 1.82) is 0 Å². The fourth-order valence-corrected chi connectivity index (χ4v) is 5.27. The van der Waals surface area contributed by atoms with Crippen LogP contribution in [-0.4, -0.2) is 29.5 Å². The third-order valence-electron chi connectivity index (χ3n) is 7.48. The zero-order valence-electron chi connectivity index (χ0n) is 21.6. The maximum Gasteiger partial charge on any atom is 0.279 e. The van der Waals surface area contributed by atoms with Gasteiger partial charge in [0.2, 0.25) is 0 Å². The van der Waals surface area contributed by atoms with Crippen LogP contribution >= 0.6 is 0 Å². The number of ether oxygens (including phenoxy) is 1. The van der Waals surface area contributed by atoms with Crippen molar-refractivity contribution < 1.29 is 4.74 Å². The standard InChI is InChI=1S/C33H31N3O2/c1-24-16-17-27(35-20-18-25(19-21-35)23-38-28-12-6-3-7-13-28)22-31(24)36-33(37)30-15-9-8-14-29(30)32(34-36)26-10-4-2-5-11-26/h2-17,22,25H,18-21,23H2,1H3. The van der Waals surface area contributed by atoms with E-state index in [-0.39, 0.29) is 5.56 Å².